The Kier molecular flexibility index (Phi) is 2.43. The molecule has 2 atom stereocenters. The minimum Gasteiger partial charge on any atom is -0.486 e. The van der Waals surface area contributed by atoms with Crippen molar-refractivity contribution < 1.29 is 9.47 Å². The third-order valence-corrected chi connectivity index (χ3v) is 2.95. The van der Waals surface area contributed by atoms with E-state index in [2.05, 4.69) is 10.9 Å². The summed E-state index contributed by atoms with van der Waals surface area (Å²) in [6.07, 6.45) is 0. The normalized spacial score (nSPS) is 28.1. The average molecular weight is 221 g/mol. The third-order valence-electron chi connectivity index (χ3n) is 2.95. The lowest BCUT2D eigenvalue weighted by molar-refractivity contribution is 0.171. The molecule has 5 heteroatoms. The lowest BCUT2D eigenvalue weighted by Crippen LogP contribution is -2.30. The van der Waals surface area contributed by atoms with Crippen LogP contribution < -0.4 is 26.1 Å². The van der Waals surface area contributed by atoms with Crippen LogP contribution in [0.4, 0.5) is 0 Å². The van der Waals surface area contributed by atoms with E-state index in [4.69, 9.17) is 15.2 Å². The molecule has 3 rings (SSSR count). The van der Waals surface area contributed by atoms with E-state index >= 15 is 0 Å². The zero-order valence-electron chi connectivity index (χ0n) is 8.90. The lowest BCUT2D eigenvalue weighted by atomic mass is 10.0. The number of nitrogens with one attached hydrogen (secondary N) is 2. The van der Waals surface area contributed by atoms with E-state index in [-0.39, 0.29) is 12.1 Å². The number of hydrogen-bond acceptors (Lipinski definition) is 5. The van der Waals surface area contributed by atoms with E-state index in [1.165, 1.54) is 0 Å². The largest absolute Gasteiger partial charge is 0.486 e. The number of hydrogen-bond donors (Lipinski definition) is 3. The van der Waals surface area contributed by atoms with Crippen LogP contribution in [-0.4, -0.2) is 25.8 Å². The molecule has 2 aliphatic rings. The van der Waals surface area contributed by atoms with E-state index in [0.29, 0.717) is 13.2 Å². The first-order valence-electron chi connectivity index (χ1n) is 5.48. The molecular weight excluding hydrogens is 206 g/mol. The number of nitrogens with two attached hydrogens (primary N) is 1. The Balaban J connectivity index is 1.90. The number of rotatable bonds is 1. The fourth-order valence-corrected chi connectivity index (χ4v) is 2.10. The molecule has 2 aliphatic heterocycles. The van der Waals surface area contributed by atoms with Gasteiger partial charge in [-0.25, -0.2) is 5.43 Å². The maximum Gasteiger partial charge on any atom is 0.161 e. The number of benzene rings is 1. The summed E-state index contributed by atoms with van der Waals surface area (Å²) in [7, 11) is 0. The van der Waals surface area contributed by atoms with Gasteiger partial charge in [0.1, 0.15) is 13.2 Å². The molecule has 2 unspecified atom stereocenters. The predicted molar refractivity (Wildman–Crippen MR) is 59.3 cm³/mol. The van der Waals surface area contributed by atoms with E-state index in [9.17, 15) is 0 Å². The Bertz CT molecular complexity index is 397. The van der Waals surface area contributed by atoms with Crippen molar-refractivity contribution in [2.45, 2.75) is 12.1 Å². The van der Waals surface area contributed by atoms with Crippen molar-refractivity contribution in [3.05, 3.63) is 23.8 Å². The summed E-state index contributed by atoms with van der Waals surface area (Å²) < 4.78 is 11.0. The quantitative estimate of drug-likeness (QED) is 0.619. The average Bonchev–Trinajstić information content (AvgIpc) is 2.75. The minimum atomic E-state index is 0.0857. The minimum absolute atomic E-state index is 0.0857. The molecule has 1 aromatic carbocycles. The van der Waals surface area contributed by atoms with Gasteiger partial charge in [-0.05, 0) is 17.7 Å². The maximum absolute atomic E-state index is 5.99. The fraction of sp³-hybridized carbons (Fsp3) is 0.455. The summed E-state index contributed by atoms with van der Waals surface area (Å²) in [5.74, 6) is 1.62. The Morgan fingerprint density at radius 3 is 2.75 bits per heavy atom. The van der Waals surface area contributed by atoms with Crippen molar-refractivity contribution in [3.63, 3.8) is 0 Å². The highest BCUT2D eigenvalue weighted by Gasteiger charge is 2.26. The molecule has 5 nitrogen and oxygen atoms in total. The van der Waals surface area contributed by atoms with Crippen molar-refractivity contribution in [1.29, 1.82) is 0 Å². The second-order valence-electron chi connectivity index (χ2n) is 4.07. The van der Waals surface area contributed by atoms with Gasteiger partial charge in [0.2, 0.25) is 0 Å². The first-order valence-corrected chi connectivity index (χ1v) is 5.48. The van der Waals surface area contributed by atoms with Crippen LogP contribution in [0, 0.1) is 0 Å². The molecule has 1 aromatic rings. The Hall–Kier alpha value is -1.30. The van der Waals surface area contributed by atoms with Gasteiger partial charge in [-0.1, -0.05) is 6.07 Å². The molecule has 4 N–H and O–H groups in total. The Morgan fingerprint density at radius 2 is 2.00 bits per heavy atom. The molecule has 2 heterocycles. The van der Waals surface area contributed by atoms with Gasteiger partial charge in [-0.15, -0.1) is 0 Å². The maximum atomic E-state index is 5.99. The van der Waals surface area contributed by atoms with Gasteiger partial charge in [-0.3, -0.25) is 5.43 Å². The van der Waals surface area contributed by atoms with E-state index in [1.807, 2.05) is 18.2 Å². The van der Waals surface area contributed by atoms with Crippen molar-refractivity contribution in [1.82, 2.24) is 10.9 Å². The van der Waals surface area contributed by atoms with Crippen LogP contribution >= 0.6 is 0 Å². The number of fused-ring (bicyclic) bond motifs is 1. The lowest BCUT2D eigenvalue weighted by Gasteiger charge is -2.21. The molecule has 0 radical (unpaired) electrons. The first-order chi connectivity index (χ1) is 7.84. The van der Waals surface area contributed by atoms with Crippen molar-refractivity contribution >= 4 is 0 Å². The molecule has 1 fully saturated rings. The molecular formula is C11H15N3O2. The zero-order valence-corrected chi connectivity index (χ0v) is 8.90. The van der Waals surface area contributed by atoms with Crippen LogP contribution in [0.2, 0.25) is 0 Å². The van der Waals surface area contributed by atoms with Crippen LogP contribution in [0.1, 0.15) is 11.6 Å². The Labute approximate surface area is 93.9 Å². The number of ether oxygens (including phenoxy) is 2. The Morgan fingerprint density at radius 1 is 1.19 bits per heavy atom. The summed E-state index contributed by atoms with van der Waals surface area (Å²) in [6, 6.07) is 6.19. The molecule has 0 spiro atoms. The van der Waals surface area contributed by atoms with Gasteiger partial charge in [0, 0.05) is 12.6 Å². The second-order valence-corrected chi connectivity index (χ2v) is 4.07. The van der Waals surface area contributed by atoms with Crippen LogP contribution in [0.3, 0.4) is 0 Å². The van der Waals surface area contributed by atoms with Gasteiger partial charge in [0.15, 0.2) is 11.5 Å². The first kappa shape index (κ1) is 9.89. The standard InChI is InChI=1S/C11H15N3O2/c12-8-6-13-14-11(8)7-1-2-9-10(5-7)16-4-3-15-9/h1-2,5,8,11,13-14H,3-4,6,12H2. The highest BCUT2D eigenvalue weighted by Crippen LogP contribution is 2.33. The molecule has 0 aliphatic carbocycles. The topological polar surface area (TPSA) is 68.5 Å². The molecule has 86 valence electrons. The molecule has 0 amide bonds. The summed E-state index contributed by atoms with van der Waals surface area (Å²) in [6.45, 7) is 2.01. The van der Waals surface area contributed by atoms with Crippen LogP contribution in [0.25, 0.3) is 0 Å². The van der Waals surface area contributed by atoms with E-state index in [0.717, 1.165) is 23.6 Å². The third kappa shape index (κ3) is 1.63. The van der Waals surface area contributed by atoms with Crippen molar-refractivity contribution in [3.8, 4) is 11.5 Å². The van der Waals surface area contributed by atoms with E-state index in [1.54, 1.807) is 0 Å². The van der Waals surface area contributed by atoms with Crippen molar-refractivity contribution in [2.75, 3.05) is 19.8 Å². The molecule has 16 heavy (non-hydrogen) atoms. The predicted octanol–water partition coefficient (Wildman–Crippen LogP) is -0.0660. The summed E-state index contributed by atoms with van der Waals surface area (Å²) in [4.78, 5) is 0. The summed E-state index contributed by atoms with van der Waals surface area (Å²) in [5.41, 5.74) is 13.3. The van der Waals surface area contributed by atoms with Crippen LogP contribution in [0.5, 0.6) is 11.5 Å². The highest BCUT2D eigenvalue weighted by atomic mass is 16.6. The van der Waals surface area contributed by atoms with Gasteiger partial charge in [-0.2, -0.15) is 0 Å². The van der Waals surface area contributed by atoms with Gasteiger partial charge in [0.05, 0.1) is 6.04 Å². The molecule has 0 bridgehead atoms. The molecule has 0 aromatic heterocycles. The monoisotopic (exact) mass is 221 g/mol. The van der Waals surface area contributed by atoms with Crippen LogP contribution in [0.15, 0.2) is 18.2 Å². The number of hydrazine groups is 1. The SMILES string of the molecule is NC1CNNC1c1ccc2c(c1)OCCO2. The van der Waals surface area contributed by atoms with Crippen molar-refractivity contribution in [2.24, 2.45) is 5.73 Å². The van der Waals surface area contributed by atoms with Gasteiger partial charge >= 0.3 is 0 Å². The summed E-state index contributed by atoms with van der Waals surface area (Å²) in [5, 5.41) is 0. The molecule has 0 saturated carbocycles. The fourth-order valence-electron chi connectivity index (χ4n) is 2.10. The van der Waals surface area contributed by atoms with E-state index < -0.39 is 0 Å². The van der Waals surface area contributed by atoms with Gasteiger partial charge in [0.25, 0.3) is 0 Å². The second kappa shape index (κ2) is 3.93. The summed E-state index contributed by atoms with van der Waals surface area (Å²) >= 11 is 0. The highest BCUT2D eigenvalue weighted by molar-refractivity contribution is 5.45. The zero-order chi connectivity index (χ0) is 11.0. The van der Waals surface area contributed by atoms with Gasteiger partial charge < -0.3 is 15.2 Å². The smallest absolute Gasteiger partial charge is 0.161 e. The van der Waals surface area contributed by atoms with Crippen LogP contribution in [-0.2, 0) is 0 Å². The molecule has 1 saturated heterocycles.